The Hall–Kier alpha value is -2.08. The Labute approximate surface area is 136 Å². The first-order valence-electron chi connectivity index (χ1n) is 7.66. The highest BCUT2D eigenvalue weighted by Gasteiger charge is 2.44. The van der Waals surface area contributed by atoms with Gasteiger partial charge in [0.25, 0.3) is 0 Å². The quantitative estimate of drug-likeness (QED) is 0.922. The second-order valence-corrected chi connectivity index (χ2v) is 6.58. The minimum atomic E-state index is -1.08. The van der Waals surface area contributed by atoms with E-state index < -0.39 is 29.8 Å². The third kappa shape index (κ3) is 4.69. The molecule has 0 aliphatic carbocycles. The lowest BCUT2D eigenvalue weighted by Crippen LogP contribution is -2.47. The summed E-state index contributed by atoms with van der Waals surface area (Å²) in [4.78, 5) is 25.0. The van der Waals surface area contributed by atoms with Crippen LogP contribution in [0.2, 0.25) is 0 Å². The minimum absolute atomic E-state index is 0.311. The summed E-state index contributed by atoms with van der Waals surface area (Å²) in [5.74, 6) is -1.08. The predicted octanol–water partition coefficient (Wildman–Crippen LogP) is 2.67. The molecule has 0 bridgehead atoms. The number of aliphatic carboxylic acids is 1. The third-order valence-electron chi connectivity index (χ3n) is 3.53. The molecule has 1 N–H and O–H groups in total. The Bertz CT molecular complexity index is 552. The van der Waals surface area contributed by atoms with Gasteiger partial charge in [0.2, 0.25) is 0 Å². The summed E-state index contributed by atoms with van der Waals surface area (Å²) < 4.78 is 11.0. The number of carbonyl (C=O) groups excluding carboxylic acids is 1. The van der Waals surface area contributed by atoms with Crippen molar-refractivity contribution in [3.63, 3.8) is 0 Å². The summed E-state index contributed by atoms with van der Waals surface area (Å²) in [5.41, 5.74) is 0.302. The van der Waals surface area contributed by atoms with E-state index in [1.54, 1.807) is 20.8 Å². The Kier molecular flexibility index (Phi) is 5.26. The molecule has 2 unspecified atom stereocenters. The highest BCUT2D eigenvalue weighted by atomic mass is 16.6. The lowest BCUT2D eigenvalue weighted by molar-refractivity contribution is -0.146. The molecule has 1 aromatic carbocycles. The largest absolute Gasteiger partial charge is 0.480 e. The summed E-state index contributed by atoms with van der Waals surface area (Å²) >= 11 is 0. The van der Waals surface area contributed by atoms with Gasteiger partial charge in [0, 0.05) is 6.54 Å². The van der Waals surface area contributed by atoms with Crippen molar-refractivity contribution in [1.29, 1.82) is 0 Å². The summed E-state index contributed by atoms with van der Waals surface area (Å²) in [6.07, 6.45) is -0.681. The van der Waals surface area contributed by atoms with Crippen molar-refractivity contribution >= 4 is 12.1 Å². The Morgan fingerprint density at radius 2 is 1.91 bits per heavy atom. The van der Waals surface area contributed by atoms with Crippen molar-refractivity contribution in [2.45, 2.75) is 51.5 Å². The van der Waals surface area contributed by atoms with E-state index in [-0.39, 0.29) is 0 Å². The first-order chi connectivity index (χ1) is 10.8. The van der Waals surface area contributed by atoms with Crippen LogP contribution in [0.15, 0.2) is 30.3 Å². The maximum Gasteiger partial charge on any atom is 0.411 e. The van der Waals surface area contributed by atoms with E-state index in [4.69, 9.17) is 9.47 Å². The summed E-state index contributed by atoms with van der Waals surface area (Å²) in [6, 6.07) is 8.51. The number of benzene rings is 1. The van der Waals surface area contributed by atoms with Gasteiger partial charge in [-0.05, 0) is 32.8 Å². The highest BCUT2D eigenvalue weighted by molar-refractivity contribution is 5.81. The molecular weight excluding hydrogens is 298 g/mol. The van der Waals surface area contributed by atoms with E-state index in [0.717, 1.165) is 5.56 Å². The van der Waals surface area contributed by atoms with Crippen molar-refractivity contribution in [2.75, 3.05) is 6.54 Å². The van der Waals surface area contributed by atoms with Gasteiger partial charge in [-0.15, -0.1) is 0 Å². The molecule has 0 spiro atoms. The van der Waals surface area contributed by atoms with Crippen LogP contribution < -0.4 is 0 Å². The van der Waals surface area contributed by atoms with Crippen LogP contribution in [-0.2, 0) is 20.9 Å². The monoisotopic (exact) mass is 321 g/mol. The number of amides is 1. The second kappa shape index (κ2) is 7.00. The number of carboxylic acid groups (broad SMARTS) is 1. The molecule has 0 aromatic heterocycles. The van der Waals surface area contributed by atoms with Crippen LogP contribution in [-0.4, -0.2) is 46.4 Å². The summed E-state index contributed by atoms with van der Waals surface area (Å²) in [5, 5.41) is 9.47. The molecule has 1 amide bonds. The normalized spacial score (nSPS) is 21.3. The van der Waals surface area contributed by atoms with E-state index in [9.17, 15) is 14.7 Å². The average Bonchev–Trinajstić information content (AvgIpc) is 2.88. The van der Waals surface area contributed by atoms with Crippen LogP contribution in [0.5, 0.6) is 0 Å². The van der Waals surface area contributed by atoms with Gasteiger partial charge in [-0.1, -0.05) is 30.3 Å². The number of hydrogen-bond donors (Lipinski definition) is 1. The van der Waals surface area contributed by atoms with Crippen LogP contribution in [0, 0.1) is 0 Å². The summed E-state index contributed by atoms with van der Waals surface area (Å²) in [6.45, 7) is 5.88. The molecule has 2 rings (SSSR count). The molecule has 1 heterocycles. The lowest BCUT2D eigenvalue weighted by atomic mass is 10.1. The SMILES string of the molecule is CC(C)(C)OC(=O)N1CCC(OCc2ccccc2)C1C(=O)O. The molecule has 0 radical (unpaired) electrons. The smallest absolute Gasteiger partial charge is 0.411 e. The molecule has 23 heavy (non-hydrogen) atoms. The zero-order valence-corrected chi connectivity index (χ0v) is 13.7. The fraction of sp³-hybridized carbons (Fsp3) is 0.529. The third-order valence-corrected chi connectivity index (χ3v) is 3.53. The molecule has 0 saturated carbocycles. The Morgan fingerprint density at radius 1 is 1.26 bits per heavy atom. The van der Waals surface area contributed by atoms with Gasteiger partial charge in [-0.2, -0.15) is 0 Å². The van der Waals surface area contributed by atoms with Gasteiger partial charge in [0.15, 0.2) is 6.04 Å². The number of carboxylic acids is 1. The molecule has 126 valence electrons. The Morgan fingerprint density at radius 3 is 2.48 bits per heavy atom. The van der Waals surface area contributed by atoms with E-state index in [2.05, 4.69) is 0 Å². The van der Waals surface area contributed by atoms with E-state index in [1.807, 2.05) is 30.3 Å². The highest BCUT2D eigenvalue weighted by Crippen LogP contribution is 2.25. The van der Waals surface area contributed by atoms with Gasteiger partial charge in [-0.25, -0.2) is 9.59 Å². The Balaban J connectivity index is 2.01. The van der Waals surface area contributed by atoms with E-state index >= 15 is 0 Å². The predicted molar refractivity (Wildman–Crippen MR) is 84.0 cm³/mol. The molecule has 2 atom stereocenters. The van der Waals surface area contributed by atoms with Crippen molar-refractivity contribution in [1.82, 2.24) is 4.90 Å². The molecule has 6 heteroatoms. The van der Waals surface area contributed by atoms with Gasteiger partial charge >= 0.3 is 12.1 Å². The molecule has 1 saturated heterocycles. The van der Waals surface area contributed by atoms with Gasteiger partial charge in [0.1, 0.15) is 5.60 Å². The molecule has 1 aliphatic heterocycles. The van der Waals surface area contributed by atoms with Crippen LogP contribution in [0.1, 0.15) is 32.8 Å². The first kappa shape index (κ1) is 17.3. The standard InChI is InChI=1S/C17H23NO5/c1-17(2,3)23-16(21)18-10-9-13(14(18)15(19)20)22-11-12-7-5-4-6-8-12/h4-8,13-14H,9-11H2,1-3H3,(H,19,20). The van der Waals surface area contributed by atoms with Gasteiger partial charge in [0.05, 0.1) is 12.7 Å². The number of hydrogen-bond acceptors (Lipinski definition) is 4. The van der Waals surface area contributed by atoms with Crippen LogP contribution in [0.3, 0.4) is 0 Å². The zero-order valence-electron chi connectivity index (χ0n) is 13.7. The van der Waals surface area contributed by atoms with Crippen molar-refractivity contribution in [3.8, 4) is 0 Å². The number of likely N-dealkylation sites (tertiary alicyclic amines) is 1. The van der Waals surface area contributed by atoms with E-state index in [0.29, 0.717) is 19.6 Å². The van der Waals surface area contributed by atoms with Crippen molar-refractivity contribution in [2.24, 2.45) is 0 Å². The fourth-order valence-electron chi connectivity index (χ4n) is 2.53. The first-order valence-corrected chi connectivity index (χ1v) is 7.66. The lowest BCUT2D eigenvalue weighted by Gasteiger charge is -2.28. The number of rotatable bonds is 4. The average molecular weight is 321 g/mol. The van der Waals surface area contributed by atoms with Gasteiger partial charge in [-0.3, -0.25) is 4.90 Å². The van der Waals surface area contributed by atoms with Crippen LogP contribution in [0.4, 0.5) is 4.79 Å². The van der Waals surface area contributed by atoms with Crippen molar-refractivity contribution < 1.29 is 24.2 Å². The summed E-state index contributed by atoms with van der Waals surface area (Å²) in [7, 11) is 0. The maximum absolute atomic E-state index is 12.2. The molecular formula is C17H23NO5. The topological polar surface area (TPSA) is 76.1 Å². The maximum atomic E-state index is 12.2. The van der Waals surface area contributed by atoms with Crippen LogP contribution in [0.25, 0.3) is 0 Å². The zero-order chi connectivity index (χ0) is 17.0. The number of ether oxygens (including phenoxy) is 2. The van der Waals surface area contributed by atoms with E-state index in [1.165, 1.54) is 4.90 Å². The van der Waals surface area contributed by atoms with Crippen LogP contribution >= 0.6 is 0 Å². The second-order valence-electron chi connectivity index (χ2n) is 6.58. The number of nitrogens with zero attached hydrogens (tertiary/aromatic N) is 1. The minimum Gasteiger partial charge on any atom is -0.480 e. The van der Waals surface area contributed by atoms with Crippen molar-refractivity contribution in [3.05, 3.63) is 35.9 Å². The van der Waals surface area contributed by atoms with Gasteiger partial charge < -0.3 is 14.6 Å². The number of carbonyl (C=O) groups is 2. The molecule has 1 fully saturated rings. The molecule has 1 aromatic rings. The molecule has 1 aliphatic rings. The molecule has 6 nitrogen and oxygen atoms in total. The fourth-order valence-corrected chi connectivity index (χ4v) is 2.53.